The van der Waals surface area contributed by atoms with Crippen LogP contribution in [0.15, 0.2) is 12.4 Å². The molecule has 0 atom stereocenters. The summed E-state index contributed by atoms with van der Waals surface area (Å²) >= 11 is 0. The molecule has 0 unspecified atom stereocenters. The zero-order valence-electron chi connectivity index (χ0n) is 11.5. The van der Waals surface area contributed by atoms with Gasteiger partial charge in [-0.15, -0.1) is 0 Å². The predicted molar refractivity (Wildman–Crippen MR) is 72.3 cm³/mol. The van der Waals surface area contributed by atoms with Crippen molar-refractivity contribution in [2.75, 3.05) is 19.6 Å². The first kappa shape index (κ1) is 12.2. The van der Waals surface area contributed by atoms with Crippen LogP contribution in [0.4, 0.5) is 0 Å². The number of nitrogens with one attached hydrogen (secondary N) is 1. The highest BCUT2D eigenvalue weighted by molar-refractivity contribution is 4.96. The average Bonchev–Trinajstić information content (AvgIpc) is 3.04. The number of hydrogen-bond donors (Lipinski definition) is 1. The SMILES string of the molecule is CC(C)(CNC1CC1)CN1CCn2ccnc2C1. The van der Waals surface area contributed by atoms with E-state index >= 15 is 0 Å². The van der Waals surface area contributed by atoms with Gasteiger partial charge in [0.1, 0.15) is 5.82 Å². The molecule has 1 fully saturated rings. The highest BCUT2D eigenvalue weighted by Gasteiger charge is 2.28. The Morgan fingerprint density at radius 1 is 1.39 bits per heavy atom. The van der Waals surface area contributed by atoms with Gasteiger partial charge in [-0.3, -0.25) is 4.90 Å². The van der Waals surface area contributed by atoms with Gasteiger partial charge in [0.05, 0.1) is 6.54 Å². The van der Waals surface area contributed by atoms with E-state index in [0.717, 1.165) is 38.8 Å². The molecule has 0 aromatic carbocycles. The quantitative estimate of drug-likeness (QED) is 0.857. The predicted octanol–water partition coefficient (Wildman–Crippen LogP) is 1.48. The van der Waals surface area contributed by atoms with E-state index in [9.17, 15) is 0 Å². The lowest BCUT2D eigenvalue weighted by atomic mass is 9.92. The van der Waals surface area contributed by atoms with Crippen molar-refractivity contribution in [3.8, 4) is 0 Å². The summed E-state index contributed by atoms with van der Waals surface area (Å²) in [5.41, 5.74) is 0.345. The van der Waals surface area contributed by atoms with Gasteiger partial charge in [0.15, 0.2) is 0 Å². The molecule has 1 N–H and O–H groups in total. The topological polar surface area (TPSA) is 33.1 Å². The fourth-order valence-electron chi connectivity index (χ4n) is 2.73. The molecule has 2 aliphatic rings. The Bertz CT molecular complexity index is 406. The van der Waals surface area contributed by atoms with Crippen LogP contribution >= 0.6 is 0 Å². The monoisotopic (exact) mass is 248 g/mol. The number of fused-ring (bicyclic) bond motifs is 1. The molecule has 0 radical (unpaired) electrons. The minimum Gasteiger partial charge on any atom is -0.333 e. The lowest BCUT2D eigenvalue weighted by molar-refractivity contribution is 0.142. The largest absolute Gasteiger partial charge is 0.333 e. The van der Waals surface area contributed by atoms with Gasteiger partial charge in [0.25, 0.3) is 0 Å². The van der Waals surface area contributed by atoms with Crippen LogP contribution in [0, 0.1) is 5.41 Å². The second kappa shape index (κ2) is 4.67. The zero-order chi connectivity index (χ0) is 12.6. The maximum Gasteiger partial charge on any atom is 0.122 e. The van der Waals surface area contributed by atoms with Crippen LogP contribution in [0.25, 0.3) is 0 Å². The average molecular weight is 248 g/mol. The fraction of sp³-hybridized carbons (Fsp3) is 0.786. The van der Waals surface area contributed by atoms with Crippen LogP contribution in [-0.2, 0) is 13.1 Å². The first-order valence-electron chi connectivity index (χ1n) is 7.08. The van der Waals surface area contributed by atoms with Crippen LogP contribution in [0.1, 0.15) is 32.5 Å². The third-order valence-corrected chi connectivity index (χ3v) is 3.92. The second-order valence-corrected chi connectivity index (χ2v) is 6.57. The molecule has 2 heterocycles. The Morgan fingerprint density at radius 3 is 3.00 bits per heavy atom. The molecule has 18 heavy (non-hydrogen) atoms. The van der Waals surface area contributed by atoms with E-state index in [4.69, 9.17) is 0 Å². The number of rotatable bonds is 5. The van der Waals surface area contributed by atoms with E-state index in [1.54, 1.807) is 0 Å². The van der Waals surface area contributed by atoms with Crippen molar-refractivity contribution in [2.24, 2.45) is 5.41 Å². The normalized spacial score (nSPS) is 21.0. The van der Waals surface area contributed by atoms with Crippen LogP contribution in [-0.4, -0.2) is 40.1 Å². The van der Waals surface area contributed by atoms with Gasteiger partial charge < -0.3 is 9.88 Å². The third-order valence-electron chi connectivity index (χ3n) is 3.92. The number of aromatic nitrogens is 2. The van der Waals surface area contributed by atoms with Crippen LogP contribution in [0.5, 0.6) is 0 Å². The minimum absolute atomic E-state index is 0.345. The first-order valence-corrected chi connectivity index (χ1v) is 7.08. The Balaban J connectivity index is 1.52. The van der Waals surface area contributed by atoms with Crippen molar-refractivity contribution in [3.05, 3.63) is 18.2 Å². The van der Waals surface area contributed by atoms with Crippen molar-refractivity contribution in [2.45, 2.75) is 45.8 Å². The van der Waals surface area contributed by atoms with Crippen LogP contribution in [0.2, 0.25) is 0 Å². The van der Waals surface area contributed by atoms with Gasteiger partial charge in [-0.1, -0.05) is 13.8 Å². The summed E-state index contributed by atoms with van der Waals surface area (Å²) < 4.78 is 2.27. The molecule has 1 saturated carbocycles. The van der Waals surface area contributed by atoms with Gasteiger partial charge in [-0.2, -0.15) is 0 Å². The van der Waals surface area contributed by atoms with Gasteiger partial charge in [0.2, 0.25) is 0 Å². The summed E-state index contributed by atoms with van der Waals surface area (Å²) in [5, 5.41) is 3.65. The number of imidazole rings is 1. The molecule has 1 aromatic heterocycles. The van der Waals surface area contributed by atoms with E-state index < -0.39 is 0 Å². The Morgan fingerprint density at radius 2 is 2.22 bits per heavy atom. The van der Waals surface area contributed by atoms with Crippen LogP contribution in [0.3, 0.4) is 0 Å². The highest BCUT2D eigenvalue weighted by Crippen LogP contribution is 2.23. The molecule has 1 aromatic rings. The molecule has 3 rings (SSSR count). The standard InChI is InChI=1S/C14H24N4/c1-14(2,10-16-12-3-4-12)11-17-7-8-18-6-5-15-13(18)9-17/h5-6,12,16H,3-4,7-11H2,1-2H3. The molecular formula is C14H24N4. The molecule has 4 heteroatoms. The maximum absolute atomic E-state index is 4.43. The molecule has 0 bridgehead atoms. The summed E-state index contributed by atoms with van der Waals surface area (Å²) in [4.78, 5) is 6.97. The summed E-state index contributed by atoms with van der Waals surface area (Å²) in [7, 11) is 0. The molecule has 0 saturated heterocycles. The summed E-state index contributed by atoms with van der Waals surface area (Å²) in [5.74, 6) is 1.22. The van der Waals surface area contributed by atoms with Gasteiger partial charge in [-0.05, 0) is 18.3 Å². The van der Waals surface area contributed by atoms with E-state index in [1.165, 1.54) is 18.7 Å². The molecule has 100 valence electrons. The maximum atomic E-state index is 4.43. The summed E-state index contributed by atoms with van der Waals surface area (Å²) in [6, 6.07) is 0.810. The molecule has 0 amide bonds. The Labute approximate surface area is 109 Å². The van der Waals surface area contributed by atoms with Crippen molar-refractivity contribution in [1.29, 1.82) is 0 Å². The number of nitrogens with zero attached hydrogens (tertiary/aromatic N) is 3. The molecular weight excluding hydrogens is 224 g/mol. The van der Waals surface area contributed by atoms with E-state index in [1.807, 2.05) is 6.20 Å². The van der Waals surface area contributed by atoms with Crippen molar-refractivity contribution in [1.82, 2.24) is 19.8 Å². The van der Waals surface area contributed by atoms with Crippen molar-refractivity contribution < 1.29 is 0 Å². The Kier molecular flexibility index (Phi) is 3.16. The van der Waals surface area contributed by atoms with Gasteiger partial charge >= 0.3 is 0 Å². The summed E-state index contributed by atoms with van der Waals surface area (Å²) in [6.07, 6.45) is 6.75. The van der Waals surface area contributed by atoms with E-state index in [0.29, 0.717) is 5.41 Å². The summed E-state index contributed by atoms with van der Waals surface area (Å²) in [6.45, 7) is 10.2. The lowest BCUT2D eigenvalue weighted by Gasteiger charge is -2.35. The smallest absolute Gasteiger partial charge is 0.122 e. The Hall–Kier alpha value is -0.870. The zero-order valence-corrected chi connectivity index (χ0v) is 11.5. The first-order chi connectivity index (χ1) is 8.62. The van der Waals surface area contributed by atoms with Crippen LogP contribution < -0.4 is 5.32 Å². The van der Waals surface area contributed by atoms with Gasteiger partial charge in [0, 0.05) is 44.6 Å². The fourth-order valence-corrected chi connectivity index (χ4v) is 2.73. The highest BCUT2D eigenvalue weighted by atomic mass is 15.2. The van der Waals surface area contributed by atoms with Crippen molar-refractivity contribution in [3.63, 3.8) is 0 Å². The molecule has 4 nitrogen and oxygen atoms in total. The number of hydrogen-bond acceptors (Lipinski definition) is 3. The minimum atomic E-state index is 0.345. The van der Waals surface area contributed by atoms with Crippen molar-refractivity contribution >= 4 is 0 Å². The van der Waals surface area contributed by atoms with E-state index in [2.05, 4.69) is 39.8 Å². The van der Waals surface area contributed by atoms with Gasteiger partial charge in [-0.25, -0.2) is 4.98 Å². The third kappa shape index (κ3) is 2.93. The molecule has 0 spiro atoms. The molecule has 1 aliphatic carbocycles. The lowest BCUT2D eigenvalue weighted by Crippen LogP contribution is -2.44. The second-order valence-electron chi connectivity index (χ2n) is 6.57. The molecule has 1 aliphatic heterocycles. The van der Waals surface area contributed by atoms with E-state index in [-0.39, 0.29) is 0 Å².